The first-order chi connectivity index (χ1) is 14.4. The molecule has 2 aromatic rings. The number of methoxy groups -OCH3 is 1. The standard InChI is InChI=1S/C20H23F3N4O3/c1-29-13-5-2-4-12(8-13)16-9-17(20(21,22)23)27-18(26-16)15(11-25-27)19(28)24-10-14-6-3-7-30-14/h2,4-5,8,11,14,16-17,26H,3,6-7,9-10H2,1H3,(H,24,28)/t14-,16-,17-/m0/s1. The molecule has 1 amide bonds. The van der Waals surface area contributed by atoms with Crippen LogP contribution in [0.25, 0.3) is 0 Å². The molecule has 0 saturated carbocycles. The Bertz CT molecular complexity index is 909. The molecule has 30 heavy (non-hydrogen) atoms. The highest BCUT2D eigenvalue weighted by Crippen LogP contribution is 2.44. The molecule has 0 aliphatic carbocycles. The molecule has 3 heterocycles. The van der Waals surface area contributed by atoms with Crippen molar-refractivity contribution in [3.8, 4) is 5.75 Å². The molecule has 10 heteroatoms. The minimum absolute atomic E-state index is 0.0567. The van der Waals surface area contributed by atoms with Crippen LogP contribution in [-0.2, 0) is 4.74 Å². The maximum absolute atomic E-state index is 13.8. The topological polar surface area (TPSA) is 77.4 Å². The van der Waals surface area contributed by atoms with Crippen LogP contribution in [0.2, 0.25) is 0 Å². The van der Waals surface area contributed by atoms with Gasteiger partial charge < -0.3 is 20.1 Å². The fourth-order valence-corrected chi connectivity index (χ4v) is 3.91. The van der Waals surface area contributed by atoms with Crippen molar-refractivity contribution in [3.05, 3.63) is 41.6 Å². The molecule has 1 saturated heterocycles. The summed E-state index contributed by atoms with van der Waals surface area (Å²) in [5.41, 5.74) is 0.719. The van der Waals surface area contributed by atoms with Gasteiger partial charge in [0, 0.05) is 19.6 Å². The largest absolute Gasteiger partial charge is 0.497 e. The van der Waals surface area contributed by atoms with Crippen molar-refractivity contribution in [1.82, 2.24) is 15.1 Å². The smallest absolute Gasteiger partial charge is 0.410 e. The Labute approximate surface area is 171 Å². The number of carbonyl (C=O) groups is 1. The summed E-state index contributed by atoms with van der Waals surface area (Å²) in [6, 6.07) is 4.37. The predicted octanol–water partition coefficient (Wildman–Crippen LogP) is 3.46. The number of halogens is 3. The van der Waals surface area contributed by atoms with Crippen molar-refractivity contribution in [2.24, 2.45) is 0 Å². The van der Waals surface area contributed by atoms with E-state index in [0.29, 0.717) is 24.5 Å². The first-order valence-corrected chi connectivity index (χ1v) is 9.81. The Kier molecular flexibility index (Phi) is 5.59. The van der Waals surface area contributed by atoms with Gasteiger partial charge in [0.1, 0.15) is 17.1 Å². The van der Waals surface area contributed by atoms with E-state index in [1.165, 1.54) is 13.3 Å². The lowest BCUT2D eigenvalue weighted by atomic mass is 9.96. The van der Waals surface area contributed by atoms with E-state index in [9.17, 15) is 18.0 Å². The molecular weight excluding hydrogens is 401 g/mol. The van der Waals surface area contributed by atoms with E-state index in [4.69, 9.17) is 9.47 Å². The van der Waals surface area contributed by atoms with Gasteiger partial charge in [0.2, 0.25) is 0 Å². The zero-order valence-corrected chi connectivity index (χ0v) is 16.4. The van der Waals surface area contributed by atoms with Gasteiger partial charge in [0.15, 0.2) is 6.04 Å². The summed E-state index contributed by atoms with van der Waals surface area (Å²) >= 11 is 0. The summed E-state index contributed by atoms with van der Waals surface area (Å²) in [6.45, 7) is 0.965. The number of anilines is 1. The molecule has 0 spiro atoms. The molecule has 2 aliphatic rings. The number of benzene rings is 1. The summed E-state index contributed by atoms with van der Waals surface area (Å²) in [4.78, 5) is 12.7. The first kappa shape index (κ1) is 20.5. The van der Waals surface area contributed by atoms with E-state index >= 15 is 0 Å². The van der Waals surface area contributed by atoms with E-state index in [2.05, 4.69) is 15.7 Å². The third-order valence-electron chi connectivity index (χ3n) is 5.49. The summed E-state index contributed by atoms with van der Waals surface area (Å²) in [5, 5.41) is 9.71. The molecule has 3 atom stereocenters. The van der Waals surface area contributed by atoms with Crippen LogP contribution < -0.4 is 15.4 Å². The molecule has 0 bridgehead atoms. The minimum Gasteiger partial charge on any atom is -0.497 e. The Hall–Kier alpha value is -2.75. The molecule has 7 nitrogen and oxygen atoms in total. The molecule has 2 N–H and O–H groups in total. The van der Waals surface area contributed by atoms with E-state index < -0.39 is 24.2 Å². The van der Waals surface area contributed by atoms with Crippen LogP contribution in [0, 0.1) is 0 Å². The van der Waals surface area contributed by atoms with E-state index in [0.717, 1.165) is 17.5 Å². The van der Waals surface area contributed by atoms with Gasteiger partial charge in [-0.15, -0.1) is 0 Å². The van der Waals surface area contributed by atoms with Gasteiger partial charge in [0.25, 0.3) is 5.91 Å². The summed E-state index contributed by atoms with van der Waals surface area (Å²) in [6.07, 6.45) is -1.87. The summed E-state index contributed by atoms with van der Waals surface area (Å²) in [5.74, 6) is 0.124. The number of hydrogen-bond donors (Lipinski definition) is 2. The van der Waals surface area contributed by atoms with E-state index in [-0.39, 0.29) is 23.9 Å². The maximum atomic E-state index is 13.8. The van der Waals surface area contributed by atoms with Gasteiger partial charge in [-0.1, -0.05) is 12.1 Å². The Morgan fingerprint density at radius 2 is 2.27 bits per heavy atom. The van der Waals surface area contributed by atoms with Crippen molar-refractivity contribution in [2.45, 2.75) is 43.6 Å². The van der Waals surface area contributed by atoms with Gasteiger partial charge in [0.05, 0.1) is 25.5 Å². The van der Waals surface area contributed by atoms with Crippen molar-refractivity contribution in [3.63, 3.8) is 0 Å². The van der Waals surface area contributed by atoms with Crippen molar-refractivity contribution < 1.29 is 27.4 Å². The number of rotatable bonds is 5. The second-order valence-electron chi connectivity index (χ2n) is 7.46. The number of nitrogens with zero attached hydrogens (tertiary/aromatic N) is 2. The highest BCUT2D eigenvalue weighted by molar-refractivity contribution is 5.98. The van der Waals surface area contributed by atoms with Gasteiger partial charge in [-0.05, 0) is 30.5 Å². The van der Waals surface area contributed by atoms with Crippen molar-refractivity contribution in [1.29, 1.82) is 0 Å². The third kappa shape index (κ3) is 4.09. The molecule has 162 valence electrons. The molecule has 0 radical (unpaired) electrons. The number of ether oxygens (including phenoxy) is 2. The molecular formula is C20H23F3N4O3. The van der Waals surface area contributed by atoms with Gasteiger partial charge >= 0.3 is 6.18 Å². The average Bonchev–Trinajstić information content (AvgIpc) is 3.40. The second kappa shape index (κ2) is 8.17. The Morgan fingerprint density at radius 3 is 2.97 bits per heavy atom. The second-order valence-corrected chi connectivity index (χ2v) is 7.46. The lowest BCUT2D eigenvalue weighted by molar-refractivity contribution is -0.173. The van der Waals surface area contributed by atoms with Crippen molar-refractivity contribution >= 4 is 11.7 Å². The molecule has 0 unspecified atom stereocenters. The van der Waals surface area contributed by atoms with Gasteiger partial charge in [-0.2, -0.15) is 18.3 Å². The number of alkyl halides is 3. The number of aromatic nitrogens is 2. The summed E-state index contributed by atoms with van der Waals surface area (Å²) in [7, 11) is 1.50. The van der Waals surface area contributed by atoms with Crippen LogP contribution in [0.4, 0.5) is 19.0 Å². The number of nitrogens with one attached hydrogen (secondary N) is 2. The highest BCUT2D eigenvalue weighted by atomic mass is 19.4. The molecule has 2 aliphatic heterocycles. The maximum Gasteiger partial charge on any atom is 0.410 e. The van der Waals surface area contributed by atoms with Crippen molar-refractivity contribution in [2.75, 3.05) is 25.6 Å². The molecule has 1 aromatic heterocycles. The predicted molar refractivity (Wildman–Crippen MR) is 103 cm³/mol. The van der Waals surface area contributed by atoms with Crippen LogP contribution in [0.15, 0.2) is 30.5 Å². The normalized spacial score (nSPS) is 23.5. The average molecular weight is 424 g/mol. The lowest BCUT2D eigenvalue weighted by Crippen LogP contribution is -2.37. The minimum atomic E-state index is -4.51. The van der Waals surface area contributed by atoms with E-state index in [1.54, 1.807) is 24.3 Å². The fraction of sp³-hybridized carbons (Fsp3) is 0.500. The van der Waals surface area contributed by atoms with Gasteiger partial charge in [-0.25, -0.2) is 4.68 Å². The fourth-order valence-electron chi connectivity index (χ4n) is 3.91. The van der Waals surface area contributed by atoms with Crippen LogP contribution in [0.3, 0.4) is 0 Å². The monoisotopic (exact) mass is 424 g/mol. The zero-order chi connectivity index (χ0) is 21.3. The summed E-state index contributed by atoms with van der Waals surface area (Å²) < 4.78 is 52.9. The van der Waals surface area contributed by atoms with Crippen LogP contribution in [0.5, 0.6) is 5.75 Å². The lowest BCUT2D eigenvalue weighted by Gasteiger charge is -2.34. The van der Waals surface area contributed by atoms with Gasteiger partial charge in [-0.3, -0.25) is 4.79 Å². The highest BCUT2D eigenvalue weighted by Gasteiger charge is 2.47. The Balaban J connectivity index is 1.61. The SMILES string of the molecule is COc1cccc([C@@H]2C[C@@H](C(F)(F)F)n3ncc(C(=O)NC[C@@H]4CCCO4)c3N2)c1. The number of amides is 1. The van der Waals surface area contributed by atoms with E-state index in [1.807, 2.05) is 0 Å². The molecule has 4 rings (SSSR count). The number of fused-ring (bicyclic) bond motifs is 1. The molecule has 1 aromatic carbocycles. The molecule has 1 fully saturated rings. The van der Waals surface area contributed by atoms with Crippen LogP contribution >= 0.6 is 0 Å². The van der Waals surface area contributed by atoms with Crippen LogP contribution in [-0.4, -0.2) is 48.2 Å². The quantitative estimate of drug-likeness (QED) is 0.769. The first-order valence-electron chi connectivity index (χ1n) is 9.81. The zero-order valence-electron chi connectivity index (χ0n) is 16.4. The third-order valence-corrected chi connectivity index (χ3v) is 5.49. The number of carbonyl (C=O) groups excluding carboxylic acids is 1. The Morgan fingerprint density at radius 1 is 1.43 bits per heavy atom. The van der Waals surface area contributed by atoms with Crippen LogP contribution in [0.1, 0.15) is 47.3 Å². The number of hydrogen-bond acceptors (Lipinski definition) is 5.